The van der Waals surface area contributed by atoms with Crippen molar-refractivity contribution in [1.82, 2.24) is 4.31 Å². The molecule has 1 heterocycles. The number of esters is 2. The van der Waals surface area contributed by atoms with Crippen LogP contribution in [0.15, 0.2) is 106 Å². The maximum atomic E-state index is 14.2. The Bertz CT molecular complexity index is 1990. The zero-order valence-corrected chi connectivity index (χ0v) is 28.1. The van der Waals surface area contributed by atoms with E-state index in [2.05, 4.69) is 0 Å². The van der Waals surface area contributed by atoms with Crippen molar-refractivity contribution < 1.29 is 31.9 Å². The number of sulfonamides is 1. The molecular weight excluding hydrogens is 614 g/mol. The molecule has 8 nitrogen and oxygen atoms in total. The molecular formula is C38H39NO7S. The number of hydrogen-bond acceptors (Lipinski definition) is 7. The smallest absolute Gasteiger partial charge is 0.374 e. The van der Waals surface area contributed by atoms with E-state index in [0.717, 1.165) is 22.3 Å². The van der Waals surface area contributed by atoms with Crippen LogP contribution >= 0.6 is 0 Å². The number of hydrogen-bond donors (Lipinski definition) is 0. The number of fused-ring (bicyclic) bond motifs is 1. The minimum atomic E-state index is -3.98. The lowest BCUT2D eigenvalue weighted by molar-refractivity contribution is 0.00701. The lowest BCUT2D eigenvalue weighted by Gasteiger charge is -2.23. The van der Waals surface area contributed by atoms with Crippen LogP contribution in [0.3, 0.4) is 0 Å². The van der Waals surface area contributed by atoms with Crippen LogP contribution in [-0.2, 0) is 32.5 Å². The van der Waals surface area contributed by atoms with Crippen molar-refractivity contribution in [3.05, 3.63) is 125 Å². The lowest BCUT2D eigenvalue weighted by atomic mass is 9.98. The van der Waals surface area contributed by atoms with Crippen LogP contribution in [0, 0.1) is 6.92 Å². The second-order valence-corrected chi connectivity index (χ2v) is 14.2. The highest BCUT2D eigenvalue weighted by Gasteiger charge is 2.27. The van der Waals surface area contributed by atoms with Gasteiger partial charge in [0.25, 0.3) is 0 Å². The van der Waals surface area contributed by atoms with Crippen LogP contribution < -0.4 is 0 Å². The summed E-state index contributed by atoms with van der Waals surface area (Å²) in [6.45, 7) is 9.47. The molecule has 0 spiro atoms. The van der Waals surface area contributed by atoms with Crippen LogP contribution in [0.5, 0.6) is 0 Å². The van der Waals surface area contributed by atoms with Crippen LogP contribution in [-0.4, -0.2) is 43.4 Å². The summed E-state index contributed by atoms with van der Waals surface area (Å²) in [5, 5.41) is 0.533. The molecule has 0 bridgehead atoms. The van der Waals surface area contributed by atoms with Crippen molar-refractivity contribution in [3.8, 4) is 11.1 Å². The van der Waals surface area contributed by atoms with E-state index in [4.69, 9.17) is 13.9 Å². The van der Waals surface area contributed by atoms with Gasteiger partial charge in [-0.1, -0.05) is 72.8 Å². The molecule has 9 heteroatoms. The number of benzene rings is 4. The maximum absolute atomic E-state index is 14.2. The minimum absolute atomic E-state index is 0.0608. The summed E-state index contributed by atoms with van der Waals surface area (Å²) < 4.78 is 46.4. The average molecular weight is 654 g/mol. The topological polar surface area (TPSA) is 103 Å². The van der Waals surface area contributed by atoms with Crippen molar-refractivity contribution in [1.29, 1.82) is 0 Å². The zero-order chi connectivity index (χ0) is 33.8. The second-order valence-electron chi connectivity index (χ2n) is 12.3. The Hall–Kier alpha value is -4.73. The molecule has 0 unspecified atom stereocenters. The van der Waals surface area contributed by atoms with Crippen molar-refractivity contribution in [2.24, 2.45) is 0 Å². The third-order valence-electron chi connectivity index (χ3n) is 7.67. The van der Waals surface area contributed by atoms with Gasteiger partial charge in [0.2, 0.25) is 15.8 Å². The first-order valence-electron chi connectivity index (χ1n) is 15.5. The predicted octanol–water partition coefficient (Wildman–Crippen LogP) is 7.97. The maximum Gasteiger partial charge on any atom is 0.374 e. The van der Waals surface area contributed by atoms with E-state index >= 15 is 0 Å². The lowest BCUT2D eigenvalue weighted by Crippen LogP contribution is -2.32. The third kappa shape index (κ3) is 7.81. The highest BCUT2D eigenvalue weighted by atomic mass is 32.2. The van der Waals surface area contributed by atoms with Crippen molar-refractivity contribution in [2.45, 2.75) is 58.1 Å². The van der Waals surface area contributed by atoms with Crippen molar-refractivity contribution >= 4 is 32.9 Å². The summed E-state index contributed by atoms with van der Waals surface area (Å²) in [5.41, 5.74) is 4.09. The highest BCUT2D eigenvalue weighted by Crippen LogP contribution is 2.31. The number of carbonyl (C=O) groups excluding carboxylic acids is 2. The summed E-state index contributed by atoms with van der Waals surface area (Å²) in [4.78, 5) is 25.4. The van der Waals surface area contributed by atoms with E-state index in [1.165, 1.54) is 10.4 Å². The molecule has 0 saturated carbocycles. The number of carbonyl (C=O) groups is 2. The van der Waals surface area contributed by atoms with Crippen molar-refractivity contribution in [2.75, 3.05) is 13.2 Å². The number of furan rings is 1. The van der Waals surface area contributed by atoms with Gasteiger partial charge in [-0.05, 0) is 87.6 Å². The first kappa shape index (κ1) is 33.6. The predicted molar refractivity (Wildman–Crippen MR) is 182 cm³/mol. The van der Waals surface area contributed by atoms with Gasteiger partial charge >= 0.3 is 11.9 Å². The summed E-state index contributed by atoms with van der Waals surface area (Å²) in [7, 11) is -3.98. The van der Waals surface area contributed by atoms with Gasteiger partial charge in [0.05, 0.1) is 17.1 Å². The SMILES string of the molecule is CCOC(=O)c1oc2ccc(S(=O)(=O)N(CCc3ccccc3)Cc3ccc(-c4ccccc4C(=O)OC(C)(C)C)cc3)cc2c1C. The number of rotatable bonds is 11. The Labute approximate surface area is 276 Å². The minimum Gasteiger partial charge on any atom is -0.460 e. The van der Waals surface area contributed by atoms with Gasteiger partial charge < -0.3 is 13.9 Å². The quantitative estimate of drug-likeness (QED) is 0.133. The van der Waals surface area contributed by atoms with E-state index in [0.29, 0.717) is 28.5 Å². The van der Waals surface area contributed by atoms with Gasteiger partial charge in [0, 0.05) is 24.0 Å². The van der Waals surface area contributed by atoms with Gasteiger partial charge in [0.15, 0.2) is 0 Å². The Morgan fingerprint density at radius 2 is 1.51 bits per heavy atom. The molecule has 0 aliphatic rings. The fraction of sp³-hybridized carbons (Fsp3) is 0.263. The molecule has 0 N–H and O–H groups in total. The number of aryl methyl sites for hydroxylation is 1. The summed E-state index contributed by atoms with van der Waals surface area (Å²) in [5.74, 6) is -0.938. The van der Waals surface area contributed by atoms with Crippen LogP contribution in [0.25, 0.3) is 22.1 Å². The molecule has 0 aliphatic carbocycles. The zero-order valence-electron chi connectivity index (χ0n) is 27.3. The number of nitrogens with zero attached hydrogens (tertiary/aromatic N) is 1. The van der Waals surface area contributed by atoms with Gasteiger partial charge in [-0.15, -0.1) is 0 Å². The molecule has 0 fully saturated rings. The van der Waals surface area contributed by atoms with E-state index in [1.807, 2.05) is 87.5 Å². The second kappa shape index (κ2) is 13.9. The van der Waals surface area contributed by atoms with E-state index < -0.39 is 27.6 Å². The first-order chi connectivity index (χ1) is 22.4. The van der Waals surface area contributed by atoms with Crippen LogP contribution in [0.1, 0.15) is 65.3 Å². The Morgan fingerprint density at radius 3 is 2.19 bits per heavy atom. The van der Waals surface area contributed by atoms with Gasteiger partial charge in [-0.3, -0.25) is 0 Å². The largest absolute Gasteiger partial charge is 0.460 e. The summed E-state index contributed by atoms with van der Waals surface area (Å²) >= 11 is 0. The Balaban J connectivity index is 1.46. The Morgan fingerprint density at radius 1 is 0.830 bits per heavy atom. The Kier molecular flexibility index (Phi) is 9.98. The van der Waals surface area contributed by atoms with Crippen LogP contribution in [0.4, 0.5) is 0 Å². The molecule has 1 aromatic heterocycles. The molecule has 244 valence electrons. The summed E-state index contributed by atoms with van der Waals surface area (Å²) in [6.07, 6.45) is 0.515. The molecule has 5 rings (SSSR count). The highest BCUT2D eigenvalue weighted by molar-refractivity contribution is 7.89. The molecule has 0 saturated heterocycles. The average Bonchev–Trinajstić information content (AvgIpc) is 3.38. The van der Waals surface area contributed by atoms with E-state index in [9.17, 15) is 18.0 Å². The normalized spacial score (nSPS) is 12.0. The summed E-state index contributed by atoms with van der Waals surface area (Å²) in [6, 6.07) is 29.2. The molecule has 0 atom stereocenters. The number of ether oxygens (including phenoxy) is 2. The van der Waals surface area contributed by atoms with E-state index in [-0.39, 0.29) is 30.4 Å². The molecule has 4 aromatic carbocycles. The van der Waals surface area contributed by atoms with Crippen molar-refractivity contribution in [3.63, 3.8) is 0 Å². The fourth-order valence-electron chi connectivity index (χ4n) is 5.32. The van der Waals surface area contributed by atoms with Gasteiger partial charge in [0.1, 0.15) is 11.2 Å². The molecule has 0 amide bonds. The molecule has 0 radical (unpaired) electrons. The fourth-order valence-corrected chi connectivity index (χ4v) is 6.78. The molecule has 47 heavy (non-hydrogen) atoms. The molecule has 5 aromatic rings. The third-order valence-corrected chi connectivity index (χ3v) is 9.51. The van der Waals surface area contributed by atoms with E-state index in [1.54, 1.807) is 38.1 Å². The van der Waals surface area contributed by atoms with Gasteiger partial charge in [-0.2, -0.15) is 4.31 Å². The van der Waals surface area contributed by atoms with Crippen LogP contribution in [0.2, 0.25) is 0 Å². The molecule has 0 aliphatic heterocycles. The monoisotopic (exact) mass is 653 g/mol. The standard InChI is InChI=1S/C38H39NO7S/c1-6-44-37(41)35-26(2)33-24-30(20-21-34(33)45-35)47(42,43)39(23-22-27-12-8-7-9-13-27)25-28-16-18-29(19-17-28)31-14-10-11-15-32(31)36(40)46-38(3,4)5/h7-21,24H,6,22-23,25H2,1-5H3. The first-order valence-corrected chi connectivity index (χ1v) is 17.0. The van der Waals surface area contributed by atoms with Gasteiger partial charge in [-0.25, -0.2) is 18.0 Å².